The number of aromatic amines is 1. The number of benzene rings is 1. The van der Waals surface area contributed by atoms with Gasteiger partial charge in [-0.25, -0.2) is 4.98 Å². The number of rotatable bonds is 4. The Morgan fingerprint density at radius 2 is 2.12 bits per heavy atom. The van der Waals surface area contributed by atoms with Gasteiger partial charge in [-0.15, -0.1) is 5.10 Å². The lowest BCUT2D eigenvalue weighted by Crippen LogP contribution is -1.88. The van der Waals surface area contributed by atoms with Crippen molar-refractivity contribution in [3.63, 3.8) is 0 Å². The maximum atomic E-state index is 10.9. The lowest BCUT2D eigenvalue weighted by molar-refractivity contribution is 0.689. The molecule has 0 saturated heterocycles. The van der Waals surface area contributed by atoms with Gasteiger partial charge in [0.1, 0.15) is 0 Å². The lowest BCUT2D eigenvalue weighted by Gasteiger charge is -1.93. The number of hydrogen-bond donors (Lipinski definition) is 1. The van der Waals surface area contributed by atoms with Gasteiger partial charge in [0.15, 0.2) is 5.82 Å². The standard InChI is InChI=1S/C10H11N3OS2/c1-16(14)7-15-10-11-9(12-13-10)8-5-3-2-4-6-8/h2-6H,7H2,1H3,(H,11,12,13). The third-order valence-electron chi connectivity index (χ3n) is 1.87. The average molecular weight is 253 g/mol. The van der Waals surface area contributed by atoms with Gasteiger partial charge in [0.2, 0.25) is 5.16 Å². The molecule has 84 valence electrons. The molecule has 2 rings (SSSR count). The van der Waals surface area contributed by atoms with Crippen LogP contribution in [0, 0.1) is 0 Å². The zero-order valence-electron chi connectivity index (χ0n) is 8.71. The first-order valence-electron chi connectivity index (χ1n) is 4.66. The number of hydrogen-bond acceptors (Lipinski definition) is 4. The van der Waals surface area contributed by atoms with E-state index >= 15 is 0 Å². The zero-order chi connectivity index (χ0) is 11.4. The number of nitrogens with one attached hydrogen (secondary N) is 1. The van der Waals surface area contributed by atoms with Gasteiger partial charge in [-0.1, -0.05) is 42.1 Å². The normalized spacial score (nSPS) is 12.6. The minimum absolute atomic E-state index is 0.520. The molecule has 1 unspecified atom stereocenters. The Morgan fingerprint density at radius 3 is 2.81 bits per heavy atom. The van der Waals surface area contributed by atoms with Gasteiger partial charge < -0.3 is 0 Å². The number of H-pyrrole nitrogens is 1. The average Bonchev–Trinajstić information content (AvgIpc) is 2.76. The van der Waals surface area contributed by atoms with Crippen molar-refractivity contribution < 1.29 is 4.21 Å². The van der Waals surface area contributed by atoms with Crippen molar-refractivity contribution in [1.29, 1.82) is 0 Å². The van der Waals surface area contributed by atoms with E-state index < -0.39 is 10.8 Å². The van der Waals surface area contributed by atoms with E-state index in [-0.39, 0.29) is 0 Å². The summed E-state index contributed by atoms with van der Waals surface area (Å²) in [7, 11) is -0.832. The molecule has 1 atom stereocenters. The van der Waals surface area contributed by atoms with Crippen LogP contribution < -0.4 is 0 Å². The summed E-state index contributed by atoms with van der Waals surface area (Å²) in [6.45, 7) is 0. The van der Waals surface area contributed by atoms with Gasteiger partial charge >= 0.3 is 0 Å². The summed E-state index contributed by atoms with van der Waals surface area (Å²) < 4.78 is 10.9. The topological polar surface area (TPSA) is 58.6 Å². The molecular formula is C10H11N3OS2. The molecule has 4 nitrogen and oxygen atoms in total. The van der Waals surface area contributed by atoms with Crippen LogP contribution >= 0.6 is 11.8 Å². The fourth-order valence-corrected chi connectivity index (χ4v) is 2.52. The first-order chi connectivity index (χ1) is 7.75. The molecule has 0 saturated carbocycles. The molecule has 0 amide bonds. The van der Waals surface area contributed by atoms with Crippen molar-refractivity contribution in [2.24, 2.45) is 0 Å². The van der Waals surface area contributed by atoms with Crippen LogP contribution in [-0.2, 0) is 10.8 Å². The molecule has 0 fully saturated rings. The molecule has 0 radical (unpaired) electrons. The van der Waals surface area contributed by atoms with Crippen LogP contribution in [0.25, 0.3) is 11.4 Å². The largest absolute Gasteiger partial charge is 0.259 e. The van der Waals surface area contributed by atoms with Crippen LogP contribution in [0.15, 0.2) is 35.5 Å². The van der Waals surface area contributed by atoms with Crippen molar-refractivity contribution >= 4 is 22.6 Å². The Morgan fingerprint density at radius 1 is 1.38 bits per heavy atom. The number of aromatic nitrogens is 3. The van der Waals surface area contributed by atoms with Gasteiger partial charge in [0.05, 0.1) is 5.08 Å². The highest BCUT2D eigenvalue weighted by atomic mass is 32.2. The van der Waals surface area contributed by atoms with E-state index in [1.165, 1.54) is 11.8 Å². The van der Waals surface area contributed by atoms with Crippen LogP contribution in [0.4, 0.5) is 0 Å². The lowest BCUT2D eigenvalue weighted by atomic mass is 10.2. The first-order valence-corrected chi connectivity index (χ1v) is 7.37. The van der Waals surface area contributed by atoms with Crippen LogP contribution in [0.1, 0.15) is 0 Å². The van der Waals surface area contributed by atoms with Crippen molar-refractivity contribution in [2.75, 3.05) is 11.3 Å². The maximum Gasteiger partial charge on any atom is 0.209 e. The molecule has 0 aliphatic carbocycles. The maximum absolute atomic E-state index is 10.9. The summed E-state index contributed by atoms with van der Waals surface area (Å²) in [5, 5.41) is 8.08. The molecule has 6 heteroatoms. The highest BCUT2D eigenvalue weighted by Gasteiger charge is 2.05. The van der Waals surface area contributed by atoms with Gasteiger partial charge in [-0.3, -0.25) is 9.31 Å². The van der Waals surface area contributed by atoms with Gasteiger partial charge in [-0.05, 0) is 0 Å². The second-order valence-electron chi connectivity index (χ2n) is 3.17. The third-order valence-corrected chi connectivity index (χ3v) is 4.11. The van der Waals surface area contributed by atoms with Crippen LogP contribution in [-0.4, -0.2) is 30.7 Å². The third kappa shape index (κ3) is 2.93. The Hall–Kier alpha value is -1.14. The minimum atomic E-state index is -0.832. The van der Waals surface area contributed by atoms with Gasteiger partial charge in [0.25, 0.3) is 0 Å². The molecule has 1 aromatic carbocycles. The molecule has 1 aromatic heterocycles. The SMILES string of the molecule is CS(=O)CSc1n[nH]c(-c2ccccc2)n1. The first kappa shape index (κ1) is 11.3. The van der Waals surface area contributed by atoms with Crippen LogP contribution in [0.5, 0.6) is 0 Å². The number of nitrogens with zero attached hydrogens (tertiary/aromatic N) is 2. The summed E-state index contributed by atoms with van der Waals surface area (Å²) in [6, 6.07) is 9.78. The van der Waals surface area contributed by atoms with E-state index in [4.69, 9.17) is 0 Å². The summed E-state index contributed by atoms with van der Waals surface area (Å²) in [6.07, 6.45) is 1.66. The minimum Gasteiger partial charge on any atom is -0.259 e. The van der Waals surface area contributed by atoms with Crippen molar-refractivity contribution in [2.45, 2.75) is 5.16 Å². The molecule has 16 heavy (non-hydrogen) atoms. The molecule has 1 N–H and O–H groups in total. The summed E-state index contributed by atoms with van der Waals surface area (Å²) in [4.78, 5) is 4.31. The summed E-state index contributed by atoms with van der Waals surface area (Å²) in [5.74, 6) is 0.741. The number of thioether (sulfide) groups is 1. The Labute approximate surface area is 100 Å². The summed E-state index contributed by atoms with van der Waals surface area (Å²) >= 11 is 1.39. The van der Waals surface area contributed by atoms with Crippen molar-refractivity contribution in [1.82, 2.24) is 15.2 Å². The molecule has 0 bridgehead atoms. The van der Waals surface area contributed by atoms with Gasteiger partial charge in [0, 0.05) is 22.6 Å². The summed E-state index contributed by atoms with van der Waals surface area (Å²) in [5.41, 5.74) is 1.000. The Balaban J connectivity index is 2.11. The molecule has 0 spiro atoms. The quantitative estimate of drug-likeness (QED) is 0.845. The fourth-order valence-electron chi connectivity index (χ4n) is 1.17. The van der Waals surface area contributed by atoms with E-state index in [2.05, 4.69) is 15.2 Å². The Kier molecular flexibility index (Phi) is 3.74. The Bertz CT molecular complexity index is 484. The van der Waals surface area contributed by atoms with Crippen LogP contribution in [0.2, 0.25) is 0 Å². The molecule has 1 heterocycles. The van der Waals surface area contributed by atoms with E-state index in [0.29, 0.717) is 10.2 Å². The van der Waals surface area contributed by atoms with Crippen molar-refractivity contribution in [3.8, 4) is 11.4 Å². The van der Waals surface area contributed by atoms with E-state index in [9.17, 15) is 4.21 Å². The zero-order valence-corrected chi connectivity index (χ0v) is 10.3. The molecule has 0 aliphatic heterocycles. The van der Waals surface area contributed by atoms with Crippen molar-refractivity contribution in [3.05, 3.63) is 30.3 Å². The van der Waals surface area contributed by atoms with E-state index in [0.717, 1.165) is 11.4 Å². The molecular weight excluding hydrogens is 242 g/mol. The van der Waals surface area contributed by atoms with Gasteiger partial charge in [-0.2, -0.15) is 0 Å². The van der Waals surface area contributed by atoms with E-state index in [1.54, 1.807) is 6.26 Å². The monoisotopic (exact) mass is 253 g/mol. The predicted octanol–water partition coefficient (Wildman–Crippen LogP) is 1.90. The second-order valence-corrected chi connectivity index (χ2v) is 5.91. The second kappa shape index (κ2) is 5.27. The van der Waals surface area contributed by atoms with E-state index in [1.807, 2.05) is 30.3 Å². The smallest absolute Gasteiger partial charge is 0.209 e. The molecule has 0 aliphatic rings. The van der Waals surface area contributed by atoms with Crippen LogP contribution in [0.3, 0.4) is 0 Å². The fraction of sp³-hybridized carbons (Fsp3) is 0.200. The molecule has 2 aromatic rings. The highest BCUT2D eigenvalue weighted by molar-refractivity contribution is 8.10. The predicted molar refractivity (Wildman–Crippen MR) is 66.6 cm³/mol. The highest BCUT2D eigenvalue weighted by Crippen LogP contribution is 2.18.